The average Bonchev–Trinajstić information content (AvgIpc) is 3.65. The first-order chi connectivity index (χ1) is 28.1. The standard InChI is InChI=1S/C46H60N4O9/c1-9-16-35(44(54)59-46(4,5)6)48-41(51)33-23-31(58-38-26-36(28-17-12-10-13-18-28)47-37-25-30(56-7)21-22-32(37)38)24-34(33)42(52)49-39(27(2)3)43(53)50-40(45(55)57-8)29-19-14-11-15-20-29/h10,12-13,17-18,21-22,24-27,29,31,33,35,39-40H,9,11,14-16,19-20,23H2,1-8H3,(H,48,51)(H,49,52)(H,50,53)/t31?,33-,35-,39-,40-/m0/s1. The molecule has 0 saturated heterocycles. The minimum absolute atomic E-state index is 0.0625. The van der Waals surface area contributed by atoms with Crippen molar-refractivity contribution in [2.45, 2.75) is 123 Å². The summed E-state index contributed by atoms with van der Waals surface area (Å²) < 4.78 is 22.9. The van der Waals surface area contributed by atoms with Crippen molar-refractivity contribution in [2.75, 3.05) is 14.2 Å². The Balaban J connectivity index is 1.48. The van der Waals surface area contributed by atoms with Gasteiger partial charge in [-0.3, -0.25) is 14.4 Å². The van der Waals surface area contributed by atoms with Crippen LogP contribution in [0.4, 0.5) is 0 Å². The third-order valence-corrected chi connectivity index (χ3v) is 10.8. The van der Waals surface area contributed by atoms with Gasteiger partial charge in [0.1, 0.15) is 41.3 Å². The molecule has 5 rings (SSSR count). The zero-order chi connectivity index (χ0) is 42.9. The molecule has 3 aromatic rings. The van der Waals surface area contributed by atoms with Gasteiger partial charge < -0.3 is 34.9 Å². The lowest BCUT2D eigenvalue weighted by molar-refractivity contribution is -0.159. The number of ether oxygens (including phenoxy) is 4. The second-order valence-corrected chi connectivity index (χ2v) is 16.8. The molecule has 0 aliphatic heterocycles. The fourth-order valence-electron chi connectivity index (χ4n) is 7.78. The molecule has 1 heterocycles. The Kier molecular flexibility index (Phi) is 15.1. The maximum atomic E-state index is 14.4. The summed E-state index contributed by atoms with van der Waals surface area (Å²) in [5, 5.41) is 9.32. The predicted molar refractivity (Wildman–Crippen MR) is 224 cm³/mol. The van der Waals surface area contributed by atoms with Crippen LogP contribution < -0.4 is 25.4 Å². The lowest BCUT2D eigenvalue weighted by Gasteiger charge is -2.31. The second kappa shape index (κ2) is 20.0. The summed E-state index contributed by atoms with van der Waals surface area (Å²) in [6.45, 7) is 10.8. The summed E-state index contributed by atoms with van der Waals surface area (Å²) >= 11 is 0. The molecule has 3 N–H and O–H groups in total. The van der Waals surface area contributed by atoms with Gasteiger partial charge in [-0.15, -0.1) is 0 Å². The maximum Gasteiger partial charge on any atom is 0.329 e. The van der Waals surface area contributed by atoms with E-state index < -0.39 is 65.4 Å². The van der Waals surface area contributed by atoms with Crippen molar-refractivity contribution >= 4 is 40.6 Å². The maximum absolute atomic E-state index is 14.4. The lowest BCUT2D eigenvalue weighted by atomic mass is 9.83. The Morgan fingerprint density at radius 2 is 1.59 bits per heavy atom. The van der Waals surface area contributed by atoms with Crippen LogP contribution in [0.3, 0.4) is 0 Å². The molecular weight excluding hydrogens is 753 g/mol. The van der Waals surface area contributed by atoms with Crippen molar-refractivity contribution in [3.05, 3.63) is 66.2 Å². The molecule has 318 valence electrons. The van der Waals surface area contributed by atoms with E-state index in [1.165, 1.54) is 7.11 Å². The van der Waals surface area contributed by atoms with Gasteiger partial charge in [0.25, 0.3) is 0 Å². The quantitative estimate of drug-likeness (QED) is 0.134. The van der Waals surface area contributed by atoms with Gasteiger partial charge in [-0.1, -0.05) is 76.8 Å². The summed E-state index contributed by atoms with van der Waals surface area (Å²) in [5.74, 6) is -3.25. The molecule has 13 nitrogen and oxygen atoms in total. The van der Waals surface area contributed by atoms with Gasteiger partial charge in [0.2, 0.25) is 17.7 Å². The van der Waals surface area contributed by atoms with Crippen molar-refractivity contribution in [3.63, 3.8) is 0 Å². The molecule has 2 aromatic carbocycles. The van der Waals surface area contributed by atoms with Crippen molar-refractivity contribution < 1.29 is 42.9 Å². The Morgan fingerprint density at radius 1 is 0.881 bits per heavy atom. The third-order valence-electron chi connectivity index (χ3n) is 10.8. The molecule has 0 spiro atoms. The highest BCUT2D eigenvalue weighted by Gasteiger charge is 2.41. The third kappa shape index (κ3) is 11.6. The van der Waals surface area contributed by atoms with Crippen LogP contribution in [0.2, 0.25) is 0 Å². The molecular formula is C46H60N4O9. The number of aromatic nitrogens is 1. The molecule has 13 heteroatoms. The number of nitrogens with zero attached hydrogens (tertiary/aromatic N) is 1. The van der Waals surface area contributed by atoms with Crippen LogP contribution in [0, 0.1) is 17.8 Å². The molecule has 59 heavy (non-hydrogen) atoms. The largest absolute Gasteiger partial charge is 0.497 e. The van der Waals surface area contributed by atoms with E-state index in [1.807, 2.05) is 55.5 Å². The fourth-order valence-corrected chi connectivity index (χ4v) is 7.78. The predicted octanol–water partition coefficient (Wildman–Crippen LogP) is 6.61. The number of amides is 3. The van der Waals surface area contributed by atoms with E-state index in [1.54, 1.807) is 53.9 Å². The molecule has 2 aliphatic rings. The average molecular weight is 813 g/mol. The normalized spacial score (nSPS) is 18.6. The van der Waals surface area contributed by atoms with E-state index in [0.29, 0.717) is 40.9 Å². The van der Waals surface area contributed by atoms with E-state index in [-0.39, 0.29) is 23.8 Å². The summed E-state index contributed by atoms with van der Waals surface area (Å²) in [7, 11) is 2.88. The molecule has 0 radical (unpaired) electrons. The van der Waals surface area contributed by atoms with Crippen LogP contribution in [-0.2, 0) is 33.4 Å². The molecule has 1 fully saturated rings. The number of hydrogen-bond donors (Lipinski definition) is 3. The van der Waals surface area contributed by atoms with Gasteiger partial charge in [-0.05, 0) is 70.1 Å². The molecule has 3 amide bonds. The molecule has 0 bridgehead atoms. The van der Waals surface area contributed by atoms with Crippen LogP contribution >= 0.6 is 0 Å². The number of carbonyl (C=O) groups excluding carboxylic acids is 5. The van der Waals surface area contributed by atoms with Gasteiger partial charge in [0, 0.05) is 35.1 Å². The van der Waals surface area contributed by atoms with Crippen molar-refractivity contribution in [3.8, 4) is 22.8 Å². The Bertz CT molecular complexity index is 2000. The van der Waals surface area contributed by atoms with E-state index in [2.05, 4.69) is 16.0 Å². The molecule has 5 atom stereocenters. The number of esters is 2. The minimum Gasteiger partial charge on any atom is -0.497 e. The van der Waals surface area contributed by atoms with Gasteiger partial charge in [0.15, 0.2) is 0 Å². The number of fused-ring (bicyclic) bond motifs is 1. The lowest BCUT2D eigenvalue weighted by Crippen LogP contribution is -2.56. The van der Waals surface area contributed by atoms with Crippen LogP contribution in [0.5, 0.6) is 11.5 Å². The molecule has 1 unspecified atom stereocenters. The topological polar surface area (TPSA) is 171 Å². The van der Waals surface area contributed by atoms with Gasteiger partial charge in [0.05, 0.1) is 31.3 Å². The molecule has 1 aromatic heterocycles. The number of carbonyl (C=O) groups is 5. The Labute approximate surface area is 347 Å². The second-order valence-electron chi connectivity index (χ2n) is 16.8. The van der Waals surface area contributed by atoms with Crippen molar-refractivity contribution in [1.82, 2.24) is 20.9 Å². The minimum atomic E-state index is -1.05. The van der Waals surface area contributed by atoms with Gasteiger partial charge >= 0.3 is 11.9 Å². The first kappa shape index (κ1) is 44.6. The Morgan fingerprint density at radius 3 is 2.22 bits per heavy atom. The van der Waals surface area contributed by atoms with E-state index >= 15 is 0 Å². The van der Waals surface area contributed by atoms with Crippen LogP contribution in [0.1, 0.15) is 92.9 Å². The monoisotopic (exact) mass is 812 g/mol. The van der Waals surface area contributed by atoms with E-state index in [4.69, 9.17) is 23.9 Å². The number of nitrogens with one attached hydrogen (secondary N) is 3. The van der Waals surface area contributed by atoms with Crippen LogP contribution in [0.25, 0.3) is 22.2 Å². The van der Waals surface area contributed by atoms with Crippen molar-refractivity contribution in [1.29, 1.82) is 0 Å². The zero-order valence-electron chi connectivity index (χ0n) is 35.6. The van der Waals surface area contributed by atoms with E-state index in [0.717, 1.165) is 37.7 Å². The van der Waals surface area contributed by atoms with Gasteiger partial charge in [-0.2, -0.15) is 0 Å². The van der Waals surface area contributed by atoms with Crippen LogP contribution in [0.15, 0.2) is 66.2 Å². The summed E-state index contributed by atoms with van der Waals surface area (Å²) in [5.41, 5.74) is 1.45. The SMILES string of the molecule is CCC[C@H](NC(=O)[C@H]1CC(Oc2cc(-c3ccccc3)nc3cc(OC)ccc23)C=C1C(=O)N[C@H](C(=O)N[C@H](C(=O)OC)C1CCCCC1)C(C)C)C(=O)OC(C)(C)C. The number of pyridine rings is 1. The zero-order valence-corrected chi connectivity index (χ0v) is 35.6. The number of benzene rings is 2. The summed E-state index contributed by atoms with van der Waals surface area (Å²) in [4.78, 5) is 73.7. The van der Waals surface area contributed by atoms with Crippen LogP contribution in [-0.4, -0.2) is 78.7 Å². The highest BCUT2D eigenvalue weighted by atomic mass is 16.6. The van der Waals surface area contributed by atoms with Gasteiger partial charge in [-0.25, -0.2) is 14.6 Å². The number of methoxy groups -OCH3 is 2. The van der Waals surface area contributed by atoms with E-state index in [9.17, 15) is 24.0 Å². The van der Waals surface area contributed by atoms with Crippen molar-refractivity contribution in [2.24, 2.45) is 17.8 Å². The summed E-state index contributed by atoms with van der Waals surface area (Å²) in [6.07, 6.45) is 6.33. The number of hydrogen-bond acceptors (Lipinski definition) is 10. The highest BCUT2D eigenvalue weighted by molar-refractivity contribution is 6.03. The Hall–Kier alpha value is -5.46. The summed E-state index contributed by atoms with van der Waals surface area (Å²) in [6, 6.07) is 14.1. The molecule has 2 aliphatic carbocycles. The highest BCUT2D eigenvalue weighted by Crippen LogP contribution is 2.36. The number of rotatable bonds is 16. The first-order valence-electron chi connectivity index (χ1n) is 20.8. The smallest absolute Gasteiger partial charge is 0.329 e. The first-order valence-corrected chi connectivity index (χ1v) is 20.8. The fraction of sp³-hybridized carbons (Fsp3) is 0.522. The molecule has 1 saturated carbocycles.